The minimum absolute atomic E-state index is 0.185. The summed E-state index contributed by atoms with van der Waals surface area (Å²) < 4.78 is 5.57. The molecule has 3 fully saturated rings. The Morgan fingerprint density at radius 2 is 1.78 bits per heavy atom. The molecule has 1 saturated heterocycles. The van der Waals surface area contributed by atoms with Crippen molar-refractivity contribution >= 4 is 11.9 Å². The van der Waals surface area contributed by atoms with Crippen LogP contribution in [-0.4, -0.2) is 74.8 Å². The SMILES string of the molecule is CCNC(=NCC1(N2CCOCC2)CCCCC1)NCCNC(=O)C1CC1. The van der Waals surface area contributed by atoms with Gasteiger partial charge < -0.3 is 20.7 Å². The average molecular weight is 380 g/mol. The van der Waals surface area contributed by atoms with E-state index in [0.29, 0.717) is 13.1 Å². The summed E-state index contributed by atoms with van der Waals surface area (Å²) in [5, 5.41) is 9.72. The number of aliphatic imine (C=N–C) groups is 1. The van der Waals surface area contributed by atoms with Gasteiger partial charge in [0, 0.05) is 44.2 Å². The molecule has 0 aromatic rings. The van der Waals surface area contributed by atoms with E-state index in [2.05, 4.69) is 27.8 Å². The van der Waals surface area contributed by atoms with Crippen molar-refractivity contribution in [1.29, 1.82) is 0 Å². The Morgan fingerprint density at radius 1 is 1.07 bits per heavy atom. The lowest BCUT2D eigenvalue weighted by molar-refractivity contribution is -0.122. The van der Waals surface area contributed by atoms with Crippen LogP contribution in [-0.2, 0) is 9.53 Å². The molecule has 1 amide bonds. The van der Waals surface area contributed by atoms with Crippen LogP contribution in [0, 0.1) is 5.92 Å². The zero-order chi connectivity index (χ0) is 19.0. The molecular weight excluding hydrogens is 342 g/mol. The lowest BCUT2D eigenvalue weighted by Gasteiger charge is -2.47. The maximum absolute atomic E-state index is 11.7. The van der Waals surface area contributed by atoms with Crippen molar-refractivity contribution in [3.63, 3.8) is 0 Å². The van der Waals surface area contributed by atoms with E-state index in [1.807, 2.05) is 0 Å². The van der Waals surface area contributed by atoms with Crippen molar-refractivity contribution in [3.05, 3.63) is 0 Å². The van der Waals surface area contributed by atoms with E-state index in [4.69, 9.17) is 9.73 Å². The van der Waals surface area contributed by atoms with E-state index >= 15 is 0 Å². The summed E-state index contributed by atoms with van der Waals surface area (Å²) in [4.78, 5) is 19.3. The van der Waals surface area contributed by atoms with E-state index in [1.165, 1.54) is 32.1 Å². The number of guanidine groups is 1. The molecule has 0 bridgehead atoms. The number of hydrogen-bond acceptors (Lipinski definition) is 4. The molecule has 7 heteroatoms. The number of ether oxygens (including phenoxy) is 1. The van der Waals surface area contributed by atoms with Gasteiger partial charge in [-0.3, -0.25) is 14.7 Å². The van der Waals surface area contributed by atoms with Crippen LogP contribution in [0.3, 0.4) is 0 Å². The Balaban J connectivity index is 1.52. The van der Waals surface area contributed by atoms with Gasteiger partial charge in [-0.2, -0.15) is 0 Å². The molecule has 7 nitrogen and oxygen atoms in total. The molecule has 1 heterocycles. The first kappa shape index (κ1) is 20.4. The van der Waals surface area contributed by atoms with Crippen LogP contribution < -0.4 is 16.0 Å². The van der Waals surface area contributed by atoms with Gasteiger partial charge in [-0.1, -0.05) is 19.3 Å². The van der Waals surface area contributed by atoms with Crippen LogP contribution in [0.4, 0.5) is 0 Å². The first-order valence-electron chi connectivity index (χ1n) is 10.9. The van der Waals surface area contributed by atoms with Crippen LogP contribution in [0.2, 0.25) is 0 Å². The van der Waals surface area contributed by atoms with E-state index in [0.717, 1.165) is 58.2 Å². The molecule has 2 aliphatic carbocycles. The minimum Gasteiger partial charge on any atom is -0.379 e. The second-order valence-corrected chi connectivity index (χ2v) is 8.07. The van der Waals surface area contributed by atoms with E-state index in [9.17, 15) is 4.79 Å². The number of carbonyl (C=O) groups is 1. The second-order valence-electron chi connectivity index (χ2n) is 8.07. The zero-order valence-electron chi connectivity index (χ0n) is 16.9. The maximum atomic E-state index is 11.7. The highest BCUT2D eigenvalue weighted by Gasteiger charge is 2.38. The van der Waals surface area contributed by atoms with E-state index in [-0.39, 0.29) is 17.4 Å². The Bertz CT molecular complexity index is 495. The first-order valence-corrected chi connectivity index (χ1v) is 10.9. The third-order valence-electron chi connectivity index (χ3n) is 6.01. The predicted molar refractivity (Wildman–Crippen MR) is 108 cm³/mol. The molecule has 3 rings (SSSR count). The number of nitrogens with one attached hydrogen (secondary N) is 3. The number of morpholine rings is 1. The monoisotopic (exact) mass is 379 g/mol. The van der Waals surface area contributed by atoms with Gasteiger partial charge in [0.25, 0.3) is 0 Å². The summed E-state index contributed by atoms with van der Waals surface area (Å²) in [5.41, 5.74) is 0.185. The highest BCUT2D eigenvalue weighted by Crippen LogP contribution is 2.34. The third kappa shape index (κ3) is 6.07. The second kappa shape index (κ2) is 10.3. The maximum Gasteiger partial charge on any atom is 0.223 e. The van der Waals surface area contributed by atoms with Gasteiger partial charge in [0.1, 0.15) is 0 Å². The molecule has 0 unspecified atom stereocenters. The Hall–Kier alpha value is -1.34. The number of carbonyl (C=O) groups excluding carboxylic acids is 1. The molecule has 0 spiro atoms. The van der Waals surface area contributed by atoms with Gasteiger partial charge in [-0.05, 0) is 32.6 Å². The van der Waals surface area contributed by atoms with Crippen molar-refractivity contribution in [2.24, 2.45) is 10.9 Å². The predicted octanol–water partition coefficient (Wildman–Crippen LogP) is 1.10. The van der Waals surface area contributed by atoms with E-state index in [1.54, 1.807) is 0 Å². The Labute approximate surface area is 163 Å². The summed E-state index contributed by atoms with van der Waals surface area (Å²) in [6, 6.07) is 0. The smallest absolute Gasteiger partial charge is 0.223 e. The largest absolute Gasteiger partial charge is 0.379 e. The van der Waals surface area contributed by atoms with Crippen LogP contribution in [0.25, 0.3) is 0 Å². The number of rotatable bonds is 8. The van der Waals surface area contributed by atoms with Gasteiger partial charge in [-0.15, -0.1) is 0 Å². The summed E-state index contributed by atoms with van der Waals surface area (Å²) >= 11 is 0. The lowest BCUT2D eigenvalue weighted by atomic mass is 9.80. The lowest BCUT2D eigenvalue weighted by Crippen LogP contribution is -2.56. The van der Waals surface area contributed by atoms with Crippen LogP contribution >= 0.6 is 0 Å². The molecule has 3 aliphatic rings. The fraction of sp³-hybridized carbons (Fsp3) is 0.900. The molecule has 0 aromatic heterocycles. The molecule has 2 saturated carbocycles. The van der Waals surface area contributed by atoms with Gasteiger partial charge in [0.15, 0.2) is 5.96 Å². The molecule has 0 radical (unpaired) electrons. The standard InChI is InChI=1S/C20H37N5O2/c1-2-21-19(23-11-10-22-18(26)17-6-7-17)24-16-20(8-4-3-5-9-20)25-12-14-27-15-13-25/h17H,2-16H2,1H3,(H,22,26)(H2,21,23,24). The van der Waals surface area contributed by atoms with Gasteiger partial charge >= 0.3 is 0 Å². The molecule has 3 N–H and O–H groups in total. The van der Waals surface area contributed by atoms with E-state index < -0.39 is 0 Å². The summed E-state index contributed by atoms with van der Waals surface area (Å²) in [7, 11) is 0. The van der Waals surface area contributed by atoms with Crippen LogP contribution in [0.1, 0.15) is 51.9 Å². The van der Waals surface area contributed by atoms with Crippen molar-refractivity contribution < 1.29 is 9.53 Å². The molecule has 154 valence electrons. The summed E-state index contributed by atoms with van der Waals surface area (Å²) in [5.74, 6) is 1.33. The van der Waals surface area contributed by atoms with Gasteiger partial charge in [-0.25, -0.2) is 0 Å². The number of nitrogens with zero attached hydrogens (tertiary/aromatic N) is 2. The molecule has 0 aromatic carbocycles. The molecule has 27 heavy (non-hydrogen) atoms. The highest BCUT2D eigenvalue weighted by atomic mass is 16.5. The summed E-state index contributed by atoms with van der Waals surface area (Å²) in [6.07, 6.45) is 8.49. The fourth-order valence-corrected chi connectivity index (χ4v) is 4.25. The average Bonchev–Trinajstić information content (AvgIpc) is 3.56. The molecular formula is C20H37N5O2. The Kier molecular flexibility index (Phi) is 7.76. The van der Waals surface area contributed by atoms with Crippen molar-refractivity contribution in [2.75, 3.05) is 52.5 Å². The van der Waals surface area contributed by atoms with Crippen LogP contribution in [0.15, 0.2) is 4.99 Å². The fourth-order valence-electron chi connectivity index (χ4n) is 4.25. The first-order chi connectivity index (χ1) is 13.2. The normalized spacial score (nSPS) is 23.7. The number of hydrogen-bond donors (Lipinski definition) is 3. The highest BCUT2D eigenvalue weighted by molar-refractivity contribution is 5.81. The quantitative estimate of drug-likeness (QED) is 0.334. The third-order valence-corrected chi connectivity index (χ3v) is 6.01. The zero-order valence-corrected chi connectivity index (χ0v) is 16.9. The Morgan fingerprint density at radius 3 is 2.44 bits per heavy atom. The number of amides is 1. The molecule has 0 atom stereocenters. The minimum atomic E-state index is 0.185. The van der Waals surface area contributed by atoms with Crippen molar-refractivity contribution in [3.8, 4) is 0 Å². The summed E-state index contributed by atoms with van der Waals surface area (Å²) in [6.45, 7) is 8.82. The van der Waals surface area contributed by atoms with Gasteiger partial charge in [0.2, 0.25) is 5.91 Å². The molecule has 1 aliphatic heterocycles. The van der Waals surface area contributed by atoms with Crippen molar-refractivity contribution in [1.82, 2.24) is 20.9 Å². The topological polar surface area (TPSA) is 78.0 Å². The van der Waals surface area contributed by atoms with Gasteiger partial charge in [0.05, 0.1) is 19.8 Å². The van der Waals surface area contributed by atoms with Crippen molar-refractivity contribution in [2.45, 2.75) is 57.4 Å². The van der Waals surface area contributed by atoms with Crippen LogP contribution in [0.5, 0.6) is 0 Å².